The number of anilines is 1. The molecule has 0 aromatic heterocycles. The first-order valence-corrected chi connectivity index (χ1v) is 6.29. The van der Waals surface area contributed by atoms with E-state index in [-0.39, 0.29) is 12.1 Å². The van der Waals surface area contributed by atoms with Crippen molar-refractivity contribution >= 4 is 5.69 Å². The lowest BCUT2D eigenvalue weighted by atomic mass is 10.0. The van der Waals surface area contributed by atoms with Crippen LogP contribution in [0.3, 0.4) is 0 Å². The maximum Gasteiger partial charge on any atom is 0.163 e. The molecule has 1 aromatic rings. The van der Waals surface area contributed by atoms with Crippen molar-refractivity contribution in [2.75, 3.05) is 31.8 Å². The Balaban J connectivity index is 2.28. The number of likely N-dealkylation sites (N-methyl/N-ethyl adjacent to an activating group) is 1. The molecule has 0 fully saturated rings. The molecule has 1 aliphatic heterocycles. The predicted molar refractivity (Wildman–Crippen MR) is 71.6 cm³/mol. The van der Waals surface area contributed by atoms with Gasteiger partial charge in [0.05, 0.1) is 25.4 Å². The lowest BCUT2D eigenvalue weighted by Gasteiger charge is -2.36. The molecule has 100 valence electrons. The zero-order valence-corrected chi connectivity index (χ0v) is 11.3. The third kappa shape index (κ3) is 2.53. The summed E-state index contributed by atoms with van der Waals surface area (Å²) in [5.41, 5.74) is 0.707. The highest BCUT2D eigenvalue weighted by molar-refractivity contribution is 5.57. The number of nitrogens with zero attached hydrogens (tertiary/aromatic N) is 1. The fourth-order valence-electron chi connectivity index (χ4n) is 1.82. The largest absolute Gasteiger partial charge is 0.490 e. The van der Waals surface area contributed by atoms with E-state index in [9.17, 15) is 5.11 Å². The van der Waals surface area contributed by atoms with Crippen LogP contribution in [0.1, 0.15) is 20.3 Å². The van der Waals surface area contributed by atoms with E-state index in [4.69, 9.17) is 9.47 Å². The Labute approximate surface area is 108 Å². The van der Waals surface area contributed by atoms with Crippen LogP contribution in [-0.4, -0.2) is 37.5 Å². The SMILES string of the molecule is CN(c1ccc2c(c1)OCCCO2)C(C)(C)CO. The van der Waals surface area contributed by atoms with Crippen molar-refractivity contribution in [3.05, 3.63) is 18.2 Å². The van der Waals surface area contributed by atoms with E-state index in [0.717, 1.165) is 23.6 Å². The molecule has 4 heteroatoms. The molecule has 1 aromatic carbocycles. The van der Waals surface area contributed by atoms with Gasteiger partial charge in [0.2, 0.25) is 0 Å². The van der Waals surface area contributed by atoms with Crippen molar-refractivity contribution in [2.45, 2.75) is 25.8 Å². The summed E-state index contributed by atoms with van der Waals surface area (Å²) in [7, 11) is 1.97. The lowest BCUT2D eigenvalue weighted by Crippen LogP contribution is -2.44. The molecule has 1 aliphatic rings. The summed E-state index contributed by atoms with van der Waals surface area (Å²) in [5, 5.41) is 9.41. The molecule has 0 radical (unpaired) electrons. The van der Waals surface area contributed by atoms with Crippen LogP contribution in [0.2, 0.25) is 0 Å². The highest BCUT2D eigenvalue weighted by atomic mass is 16.5. The first kappa shape index (κ1) is 13.0. The van der Waals surface area contributed by atoms with E-state index in [1.165, 1.54) is 0 Å². The van der Waals surface area contributed by atoms with Gasteiger partial charge in [-0.25, -0.2) is 0 Å². The fourth-order valence-corrected chi connectivity index (χ4v) is 1.82. The molecule has 0 atom stereocenters. The molecule has 0 amide bonds. The van der Waals surface area contributed by atoms with Crippen molar-refractivity contribution < 1.29 is 14.6 Å². The van der Waals surface area contributed by atoms with Crippen LogP contribution in [0.15, 0.2) is 18.2 Å². The maximum absolute atomic E-state index is 9.41. The Kier molecular flexibility index (Phi) is 3.66. The topological polar surface area (TPSA) is 41.9 Å². The van der Waals surface area contributed by atoms with E-state index in [1.54, 1.807) is 0 Å². The van der Waals surface area contributed by atoms with Gasteiger partial charge in [-0.1, -0.05) is 0 Å². The van der Waals surface area contributed by atoms with Crippen LogP contribution >= 0.6 is 0 Å². The van der Waals surface area contributed by atoms with Crippen LogP contribution in [0, 0.1) is 0 Å². The molecule has 0 aliphatic carbocycles. The zero-order valence-electron chi connectivity index (χ0n) is 11.3. The van der Waals surface area contributed by atoms with Gasteiger partial charge in [-0.3, -0.25) is 0 Å². The summed E-state index contributed by atoms with van der Waals surface area (Å²) in [6.45, 7) is 5.47. The van der Waals surface area contributed by atoms with Crippen LogP contribution < -0.4 is 14.4 Å². The second-order valence-corrected chi connectivity index (χ2v) is 5.21. The number of aliphatic hydroxyl groups is 1. The number of benzene rings is 1. The fraction of sp³-hybridized carbons (Fsp3) is 0.571. The second kappa shape index (κ2) is 5.06. The van der Waals surface area contributed by atoms with Gasteiger partial charge in [0, 0.05) is 25.2 Å². The molecule has 0 saturated carbocycles. The van der Waals surface area contributed by atoms with Gasteiger partial charge in [0.1, 0.15) is 0 Å². The third-order valence-corrected chi connectivity index (χ3v) is 3.41. The molecule has 0 bridgehead atoms. The van der Waals surface area contributed by atoms with E-state index in [2.05, 4.69) is 0 Å². The Bertz CT molecular complexity index is 418. The van der Waals surface area contributed by atoms with E-state index < -0.39 is 0 Å². The van der Waals surface area contributed by atoms with Gasteiger partial charge in [-0.05, 0) is 26.0 Å². The average Bonchev–Trinajstić information content (AvgIpc) is 2.62. The van der Waals surface area contributed by atoms with Gasteiger partial charge in [0.25, 0.3) is 0 Å². The number of ether oxygens (including phenoxy) is 2. The standard InChI is InChI=1S/C14H21NO3/c1-14(2,10-16)15(3)11-5-6-12-13(9-11)18-8-4-7-17-12/h5-6,9,16H,4,7-8,10H2,1-3H3. The highest BCUT2D eigenvalue weighted by Gasteiger charge is 2.24. The summed E-state index contributed by atoms with van der Waals surface area (Å²) < 4.78 is 11.3. The van der Waals surface area contributed by atoms with Crippen molar-refractivity contribution in [1.29, 1.82) is 0 Å². The van der Waals surface area contributed by atoms with E-state index >= 15 is 0 Å². The number of hydrogen-bond donors (Lipinski definition) is 1. The zero-order chi connectivity index (χ0) is 13.2. The number of aliphatic hydroxyl groups excluding tert-OH is 1. The maximum atomic E-state index is 9.41. The smallest absolute Gasteiger partial charge is 0.163 e. The quantitative estimate of drug-likeness (QED) is 0.893. The molecule has 1 heterocycles. The summed E-state index contributed by atoms with van der Waals surface area (Å²) >= 11 is 0. The van der Waals surface area contributed by atoms with Gasteiger partial charge >= 0.3 is 0 Å². The molecular formula is C14H21NO3. The Hall–Kier alpha value is -1.42. The van der Waals surface area contributed by atoms with E-state index in [1.807, 2.05) is 44.0 Å². The van der Waals surface area contributed by atoms with Gasteiger partial charge in [-0.2, -0.15) is 0 Å². The first-order chi connectivity index (χ1) is 8.54. The minimum atomic E-state index is -0.306. The monoisotopic (exact) mass is 251 g/mol. The number of hydrogen-bond acceptors (Lipinski definition) is 4. The van der Waals surface area contributed by atoms with Crippen LogP contribution in [0.4, 0.5) is 5.69 Å². The molecule has 0 unspecified atom stereocenters. The number of rotatable bonds is 3. The average molecular weight is 251 g/mol. The highest BCUT2D eigenvalue weighted by Crippen LogP contribution is 2.34. The van der Waals surface area contributed by atoms with E-state index in [0.29, 0.717) is 13.2 Å². The van der Waals surface area contributed by atoms with Crippen molar-refractivity contribution in [3.8, 4) is 11.5 Å². The van der Waals surface area contributed by atoms with Crippen LogP contribution in [0.25, 0.3) is 0 Å². The summed E-state index contributed by atoms with van der Waals surface area (Å²) in [5.74, 6) is 1.58. The summed E-state index contributed by atoms with van der Waals surface area (Å²) in [6, 6.07) is 5.89. The molecule has 1 N–H and O–H groups in total. The van der Waals surface area contributed by atoms with Crippen molar-refractivity contribution in [2.24, 2.45) is 0 Å². The minimum Gasteiger partial charge on any atom is -0.490 e. The van der Waals surface area contributed by atoms with Gasteiger partial charge in [-0.15, -0.1) is 0 Å². The molecule has 0 saturated heterocycles. The van der Waals surface area contributed by atoms with Gasteiger partial charge < -0.3 is 19.5 Å². The Morgan fingerprint density at radius 1 is 1.22 bits per heavy atom. The normalized spacial score (nSPS) is 15.1. The second-order valence-electron chi connectivity index (χ2n) is 5.21. The predicted octanol–water partition coefficient (Wildman–Crippen LogP) is 2.06. The van der Waals surface area contributed by atoms with Crippen molar-refractivity contribution in [1.82, 2.24) is 0 Å². The molecule has 2 rings (SSSR count). The third-order valence-electron chi connectivity index (χ3n) is 3.41. The summed E-state index contributed by atoms with van der Waals surface area (Å²) in [4.78, 5) is 2.04. The van der Waals surface area contributed by atoms with Crippen LogP contribution in [0.5, 0.6) is 11.5 Å². The first-order valence-electron chi connectivity index (χ1n) is 6.29. The molecule has 4 nitrogen and oxygen atoms in total. The van der Waals surface area contributed by atoms with Crippen LogP contribution in [-0.2, 0) is 0 Å². The Morgan fingerprint density at radius 3 is 2.56 bits per heavy atom. The summed E-state index contributed by atoms with van der Waals surface area (Å²) in [6.07, 6.45) is 0.905. The van der Waals surface area contributed by atoms with Gasteiger partial charge in [0.15, 0.2) is 11.5 Å². The molecule has 0 spiro atoms. The number of fused-ring (bicyclic) bond motifs is 1. The lowest BCUT2D eigenvalue weighted by molar-refractivity contribution is 0.216. The molecule has 18 heavy (non-hydrogen) atoms. The molecular weight excluding hydrogens is 230 g/mol. The van der Waals surface area contributed by atoms with Crippen molar-refractivity contribution in [3.63, 3.8) is 0 Å². The Morgan fingerprint density at radius 2 is 1.89 bits per heavy atom. The minimum absolute atomic E-state index is 0.0952.